The summed E-state index contributed by atoms with van der Waals surface area (Å²) >= 11 is 0. The largest absolute Gasteiger partial charge is 0.406 e. The van der Waals surface area contributed by atoms with Gasteiger partial charge in [-0.15, -0.1) is 24.0 Å². The van der Waals surface area contributed by atoms with Crippen molar-refractivity contribution < 1.29 is 31.1 Å². The molecule has 0 spiro atoms. The number of hydrogen-bond acceptors (Lipinski definition) is 3. The molecule has 1 aliphatic heterocycles. The van der Waals surface area contributed by atoms with Crippen LogP contribution in [0.5, 0.6) is 0 Å². The molecule has 1 rings (SSSR count). The maximum atomic E-state index is 12.7. The molecule has 0 bridgehead atoms. The molecule has 1 heterocycles. The van der Waals surface area contributed by atoms with Crippen LogP contribution in [0.4, 0.5) is 26.3 Å². The van der Waals surface area contributed by atoms with E-state index in [1.165, 1.54) is 11.9 Å². The van der Waals surface area contributed by atoms with Gasteiger partial charge in [-0.3, -0.25) is 14.7 Å². The Morgan fingerprint density at radius 1 is 1.15 bits per heavy atom. The van der Waals surface area contributed by atoms with E-state index in [4.69, 9.17) is 0 Å². The molecule has 0 aromatic carbocycles. The zero-order valence-corrected chi connectivity index (χ0v) is 17.5. The second-order valence-electron chi connectivity index (χ2n) is 6.01. The van der Waals surface area contributed by atoms with Crippen molar-refractivity contribution in [3.05, 3.63) is 0 Å². The van der Waals surface area contributed by atoms with Gasteiger partial charge in [0.05, 0.1) is 6.54 Å². The van der Waals surface area contributed by atoms with Crippen LogP contribution in [-0.2, 0) is 4.79 Å². The molecule has 27 heavy (non-hydrogen) atoms. The summed E-state index contributed by atoms with van der Waals surface area (Å²) in [6.45, 7) is 0.169. The second kappa shape index (κ2) is 10.5. The average Bonchev–Trinajstić information content (AvgIpc) is 2.52. The van der Waals surface area contributed by atoms with E-state index in [0.29, 0.717) is 4.90 Å². The number of carbonyl (C=O) groups is 1. The number of piperazine rings is 1. The van der Waals surface area contributed by atoms with Gasteiger partial charge in [-0.05, 0) is 6.92 Å². The molecule has 0 radical (unpaired) electrons. The molecule has 1 aliphatic rings. The van der Waals surface area contributed by atoms with Gasteiger partial charge in [0.25, 0.3) is 0 Å². The van der Waals surface area contributed by atoms with Crippen molar-refractivity contribution in [3.8, 4) is 0 Å². The van der Waals surface area contributed by atoms with Crippen molar-refractivity contribution in [2.45, 2.75) is 25.3 Å². The molecule has 1 N–H and O–H groups in total. The summed E-state index contributed by atoms with van der Waals surface area (Å²) in [4.78, 5) is 19.2. The Morgan fingerprint density at radius 2 is 1.67 bits per heavy atom. The molecule has 1 fully saturated rings. The number of amides is 1. The lowest BCUT2D eigenvalue weighted by Gasteiger charge is -2.39. The molecular formula is C14H24F6IN5O. The summed E-state index contributed by atoms with van der Waals surface area (Å²) in [5.74, 6) is -0.508. The van der Waals surface area contributed by atoms with E-state index in [2.05, 4.69) is 10.3 Å². The number of alkyl halides is 6. The molecular weight excluding hydrogens is 495 g/mol. The SMILES string of the molecule is CN=C(NCC(=O)N(C)CC(F)(F)F)N1CCN(C(C)C(F)(F)F)CC1.I. The summed E-state index contributed by atoms with van der Waals surface area (Å²) in [5, 5.41) is 2.66. The Labute approximate surface area is 171 Å². The fourth-order valence-electron chi connectivity index (χ4n) is 2.51. The van der Waals surface area contributed by atoms with Gasteiger partial charge in [-0.25, -0.2) is 0 Å². The lowest BCUT2D eigenvalue weighted by atomic mass is 10.2. The zero-order valence-electron chi connectivity index (χ0n) is 15.2. The third-order valence-corrected chi connectivity index (χ3v) is 4.09. The molecule has 0 aromatic heterocycles. The van der Waals surface area contributed by atoms with Gasteiger partial charge in [0.1, 0.15) is 12.6 Å². The minimum atomic E-state index is -4.49. The van der Waals surface area contributed by atoms with Crippen LogP contribution in [0.15, 0.2) is 4.99 Å². The van der Waals surface area contributed by atoms with E-state index in [1.807, 2.05) is 0 Å². The van der Waals surface area contributed by atoms with Crippen LogP contribution in [0.1, 0.15) is 6.92 Å². The van der Waals surface area contributed by atoms with Crippen molar-refractivity contribution in [1.82, 2.24) is 20.0 Å². The quantitative estimate of drug-likeness (QED) is 0.267. The molecule has 13 heteroatoms. The van der Waals surface area contributed by atoms with Crippen molar-refractivity contribution in [2.75, 3.05) is 53.4 Å². The number of rotatable bonds is 4. The van der Waals surface area contributed by atoms with Gasteiger partial charge >= 0.3 is 12.4 Å². The number of carbonyl (C=O) groups excluding carboxylic acids is 1. The summed E-state index contributed by atoms with van der Waals surface area (Å²) < 4.78 is 75.1. The standard InChI is InChI=1S/C14H23F6N5O.HI/c1-10(14(18,19)20)24-4-6-25(7-5-24)12(21-2)22-8-11(26)23(3)9-13(15,16)17;/h10H,4-9H2,1-3H3,(H,21,22);1H. The van der Waals surface area contributed by atoms with Crippen LogP contribution >= 0.6 is 24.0 Å². The lowest BCUT2D eigenvalue weighted by Crippen LogP contribution is -2.57. The van der Waals surface area contributed by atoms with E-state index in [-0.39, 0.29) is 56.1 Å². The summed E-state index contributed by atoms with van der Waals surface area (Å²) in [5.41, 5.74) is 0. The zero-order chi connectivity index (χ0) is 20.1. The number of guanidine groups is 1. The van der Waals surface area contributed by atoms with Crippen molar-refractivity contribution >= 4 is 35.8 Å². The number of aliphatic imine (C=N–C) groups is 1. The predicted molar refractivity (Wildman–Crippen MR) is 99.1 cm³/mol. The van der Waals surface area contributed by atoms with Gasteiger partial charge < -0.3 is 15.1 Å². The minimum absolute atomic E-state index is 0. The Balaban J connectivity index is 0.00000676. The molecule has 0 saturated carbocycles. The third-order valence-electron chi connectivity index (χ3n) is 4.09. The van der Waals surface area contributed by atoms with Crippen LogP contribution in [0, 0.1) is 0 Å². The summed E-state index contributed by atoms with van der Waals surface area (Å²) in [7, 11) is 2.47. The second-order valence-corrected chi connectivity index (χ2v) is 6.01. The molecule has 1 atom stereocenters. The Kier molecular flexibility index (Phi) is 10.1. The summed E-state index contributed by atoms with van der Waals surface area (Å²) in [6, 6.07) is -1.56. The highest BCUT2D eigenvalue weighted by atomic mass is 127. The van der Waals surface area contributed by atoms with Gasteiger partial charge in [-0.2, -0.15) is 26.3 Å². The highest BCUT2D eigenvalue weighted by Gasteiger charge is 2.41. The molecule has 0 aliphatic carbocycles. The van der Waals surface area contributed by atoms with E-state index in [9.17, 15) is 31.1 Å². The van der Waals surface area contributed by atoms with Crippen molar-refractivity contribution in [3.63, 3.8) is 0 Å². The average molecular weight is 519 g/mol. The normalized spacial score (nSPS) is 18.0. The van der Waals surface area contributed by atoms with Gasteiger partial charge in [0.2, 0.25) is 5.91 Å². The van der Waals surface area contributed by atoms with E-state index < -0.39 is 37.4 Å². The predicted octanol–water partition coefficient (Wildman–Crippen LogP) is 1.77. The number of hydrogen-bond donors (Lipinski definition) is 1. The Morgan fingerprint density at radius 3 is 2.07 bits per heavy atom. The lowest BCUT2D eigenvalue weighted by molar-refractivity contribution is -0.181. The molecule has 1 unspecified atom stereocenters. The number of likely N-dealkylation sites (N-methyl/N-ethyl adjacent to an activating group) is 1. The summed E-state index contributed by atoms with van der Waals surface area (Å²) in [6.07, 6.45) is -8.80. The Hall–Kier alpha value is -0.990. The Bertz CT molecular complexity index is 505. The number of halogens is 7. The van der Waals surface area contributed by atoms with Crippen molar-refractivity contribution in [1.29, 1.82) is 0 Å². The highest BCUT2D eigenvalue weighted by Crippen LogP contribution is 2.25. The number of nitrogens with one attached hydrogen (secondary N) is 1. The van der Waals surface area contributed by atoms with E-state index >= 15 is 0 Å². The fourth-order valence-corrected chi connectivity index (χ4v) is 2.51. The number of nitrogens with zero attached hydrogens (tertiary/aromatic N) is 4. The highest BCUT2D eigenvalue weighted by molar-refractivity contribution is 14.0. The van der Waals surface area contributed by atoms with Gasteiger partial charge in [-0.1, -0.05) is 0 Å². The minimum Gasteiger partial charge on any atom is -0.347 e. The molecule has 6 nitrogen and oxygen atoms in total. The van der Waals surface area contributed by atoms with Gasteiger partial charge in [0.15, 0.2) is 5.96 Å². The molecule has 1 saturated heterocycles. The van der Waals surface area contributed by atoms with Crippen molar-refractivity contribution in [2.24, 2.45) is 4.99 Å². The first kappa shape index (κ1) is 26.0. The van der Waals surface area contributed by atoms with E-state index in [1.54, 1.807) is 4.90 Å². The van der Waals surface area contributed by atoms with Crippen LogP contribution in [0.3, 0.4) is 0 Å². The van der Waals surface area contributed by atoms with Crippen LogP contribution in [0.2, 0.25) is 0 Å². The fraction of sp³-hybridized carbons (Fsp3) is 0.857. The van der Waals surface area contributed by atoms with E-state index in [0.717, 1.165) is 14.0 Å². The molecule has 0 aromatic rings. The maximum Gasteiger partial charge on any atom is 0.406 e. The third kappa shape index (κ3) is 8.70. The van der Waals surface area contributed by atoms with Crippen LogP contribution < -0.4 is 5.32 Å². The smallest absolute Gasteiger partial charge is 0.347 e. The van der Waals surface area contributed by atoms with Gasteiger partial charge in [0, 0.05) is 40.3 Å². The molecule has 1 amide bonds. The maximum absolute atomic E-state index is 12.7. The monoisotopic (exact) mass is 519 g/mol. The molecule has 160 valence electrons. The van der Waals surface area contributed by atoms with Crippen LogP contribution in [0.25, 0.3) is 0 Å². The first-order chi connectivity index (χ1) is 11.8. The first-order valence-corrected chi connectivity index (χ1v) is 7.92. The first-order valence-electron chi connectivity index (χ1n) is 7.92. The topological polar surface area (TPSA) is 51.2 Å². The van der Waals surface area contributed by atoms with Crippen LogP contribution in [-0.4, -0.2) is 98.3 Å².